The summed E-state index contributed by atoms with van der Waals surface area (Å²) in [4.78, 5) is 12.3. The summed E-state index contributed by atoms with van der Waals surface area (Å²) in [6, 6.07) is 0.258. The number of hydrogen-bond donors (Lipinski definition) is 2. The van der Waals surface area contributed by atoms with Crippen molar-refractivity contribution in [3.05, 3.63) is 0 Å². The molecule has 2 N–H and O–H groups in total. The van der Waals surface area contributed by atoms with Crippen LogP contribution in [0.3, 0.4) is 0 Å². The molecule has 1 amide bonds. The molecule has 0 aliphatic heterocycles. The highest BCUT2D eigenvalue weighted by Crippen LogP contribution is 2.07. The molecule has 0 bridgehead atoms. The van der Waals surface area contributed by atoms with Crippen LogP contribution >= 0.6 is 0 Å². The molecule has 0 radical (unpaired) electrons. The molecule has 4 heteroatoms. The van der Waals surface area contributed by atoms with Gasteiger partial charge in [-0.05, 0) is 38.5 Å². The zero-order valence-electron chi connectivity index (χ0n) is 14.9. The summed E-state index contributed by atoms with van der Waals surface area (Å²) in [6.45, 7) is 14.0. The average molecular weight is 300 g/mol. The van der Waals surface area contributed by atoms with Crippen molar-refractivity contribution >= 4 is 5.91 Å². The largest absolute Gasteiger partial charge is 0.376 e. The Hall–Kier alpha value is -0.610. The van der Waals surface area contributed by atoms with Crippen molar-refractivity contribution in [2.24, 2.45) is 5.92 Å². The monoisotopic (exact) mass is 300 g/mol. The molecule has 4 nitrogen and oxygen atoms in total. The molecule has 0 aromatic rings. The second-order valence-electron chi connectivity index (χ2n) is 6.26. The molecule has 0 aromatic carbocycles. The number of rotatable bonds is 12. The van der Waals surface area contributed by atoms with Gasteiger partial charge in [0.1, 0.15) is 0 Å². The van der Waals surface area contributed by atoms with Crippen LogP contribution in [0.25, 0.3) is 0 Å². The maximum atomic E-state index is 12.3. The Kier molecular flexibility index (Phi) is 11.6. The van der Waals surface area contributed by atoms with Crippen molar-refractivity contribution in [3.63, 3.8) is 0 Å². The Morgan fingerprint density at radius 1 is 1.05 bits per heavy atom. The normalized spacial score (nSPS) is 14.5. The number of carbonyl (C=O) groups is 1. The van der Waals surface area contributed by atoms with Gasteiger partial charge in [0.2, 0.25) is 5.91 Å². The number of ether oxygens (including phenoxy) is 1. The molecular formula is C17H36N2O2. The third-order valence-electron chi connectivity index (χ3n) is 3.79. The molecule has 1 unspecified atom stereocenters. The van der Waals surface area contributed by atoms with Crippen LogP contribution in [-0.2, 0) is 9.53 Å². The average Bonchev–Trinajstić information content (AvgIpc) is 2.45. The van der Waals surface area contributed by atoms with Crippen molar-refractivity contribution < 1.29 is 9.53 Å². The number of hydrogen-bond acceptors (Lipinski definition) is 3. The molecule has 0 saturated carbocycles. The summed E-state index contributed by atoms with van der Waals surface area (Å²) in [5.74, 6) is 0.593. The van der Waals surface area contributed by atoms with Gasteiger partial charge in [-0.3, -0.25) is 4.79 Å². The van der Waals surface area contributed by atoms with Gasteiger partial charge in [-0.2, -0.15) is 0 Å². The lowest BCUT2D eigenvalue weighted by molar-refractivity contribution is -0.124. The molecular weight excluding hydrogens is 264 g/mol. The summed E-state index contributed by atoms with van der Waals surface area (Å²) in [5.41, 5.74) is 0. The van der Waals surface area contributed by atoms with Gasteiger partial charge in [-0.1, -0.05) is 34.6 Å². The van der Waals surface area contributed by atoms with E-state index in [4.69, 9.17) is 4.74 Å². The van der Waals surface area contributed by atoms with Gasteiger partial charge in [0.25, 0.3) is 0 Å². The van der Waals surface area contributed by atoms with Crippen molar-refractivity contribution in [3.8, 4) is 0 Å². The maximum absolute atomic E-state index is 12.3. The minimum absolute atomic E-state index is 0.0946. The van der Waals surface area contributed by atoms with Crippen LogP contribution in [0, 0.1) is 5.92 Å². The van der Waals surface area contributed by atoms with Crippen LogP contribution in [0.5, 0.6) is 0 Å². The standard InChI is InChI=1S/C17H36N2O2/c1-7-14(6)19-16(12-13(4)5)17(20)18-10-11-21-15(8-2)9-3/h13-16,19H,7-12H2,1-6H3,(H,18,20)/t14?,16-/m0/s1. The van der Waals surface area contributed by atoms with Gasteiger partial charge in [0.15, 0.2) is 0 Å². The maximum Gasteiger partial charge on any atom is 0.237 e. The fourth-order valence-corrected chi connectivity index (χ4v) is 2.23. The van der Waals surface area contributed by atoms with E-state index in [9.17, 15) is 4.79 Å². The SMILES string of the molecule is CCC(C)N[C@@H](CC(C)C)C(=O)NCCOC(CC)CC. The van der Waals surface area contributed by atoms with Gasteiger partial charge < -0.3 is 15.4 Å². The zero-order chi connectivity index (χ0) is 16.3. The Balaban J connectivity index is 4.15. The molecule has 0 rings (SSSR count). The molecule has 21 heavy (non-hydrogen) atoms. The Morgan fingerprint density at radius 3 is 2.14 bits per heavy atom. The van der Waals surface area contributed by atoms with E-state index in [0.717, 1.165) is 25.7 Å². The van der Waals surface area contributed by atoms with Gasteiger partial charge in [0, 0.05) is 12.6 Å². The van der Waals surface area contributed by atoms with Crippen LogP contribution < -0.4 is 10.6 Å². The highest BCUT2D eigenvalue weighted by Gasteiger charge is 2.20. The van der Waals surface area contributed by atoms with E-state index in [0.29, 0.717) is 31.2 Å². The lowest BCUT2D eigenvalue weighted by Gasteiger charge is -2.24. The first kappa shape index (κ1) is 20.4. The Morgan fingerprint density at radius 2 is 1.67 bits per heavy atom. The topological polar surface area (TPSA) is 50.4 Å². The molecule has 0 aliphatic carbocycles. The van der Waals surface area contributed by atoms with Crippen molar-refractivity contribution in [2.45, 2.75) is 85.4 Å². The van der Waals surface area contributed by atoms with Crippen molar-refractivity contribution in [2.75, 3.05) is 13.2 Å². The quantitative estimate of drug-likeness (QED) is 0.545. The predicted molar refractivity (Wildman–Crippen MR) is 89.5 cm³/mol. The highest BCUT2D eigenvalue weighted by atomic mass is 16.5. The fraction of sp³-hybridized carbons (Fsp3) is 0.941. The second-order valence-corrected chi connectivity index (χ2v) is 6.26. The Labute approximate surface area is 131 Å². The molecule has 2 atom stereocenters. The summed E-state index contributed by atoms with van der Waals surface area (Å²) >= 11 is 0. The molecule has 0 fully saturated rings. The predicted octanol–water partition coefficient (Wildman–Crippen LogP) is 3.11. The summed E-state index contributed by atoms with van der Waals surface area (Å²) in [6.07, 6.45) is 4.25. The first-order chi connectivity index (χ1) is 9.94. The van der Waals surface area contributed by atoms with Crippen LogP contribution in [0.4, 0.5) is 0 Å². The van der Waals surface area contributed by atoms with Crippen LogP contribution in [-0.4, -0.2) is 37.2 Å². The van der Waals surface area contributed by atoms with E-state index >= 15 is 0 Å². The minimum atomic E-state index is -0.104. The van der Waals surface area contributed by atoms with Gasteiger partial charge >= 0.3 is 0 Å². The van der Waals surface area contributed by atoms with E-state index in [2.05, 4.69) is 52.2 Å². The lowest BCUT2D eigenvalue weighted by atomic mass is 10.0. The molecule has 0 aromatic heterocycles. The number of nitrogens with one attached hydrogen (secondary N) is 2. The summed E-state index contributed by atoms with van der Waals surface area (Å²) < 4.78 is 5.72. The van der Waals surface area contributed by atoms with E-state index in [1.165, 1.54) is 0 Å². The van der Waals surface area contributed by atoms with Crippen molar-refractivity contribution in [1.82, 2.24) is 10.6 Å². The van der Waals surface area contributed by atoms with Crippen LogP contribution in [0.1, 0.15) is 67.2 Å². The molecule has 0 heterocycles. The lowest BCUT2D eigenvalue weighted by Crippen LogP contribution is -2.48. The van der Waals surface area contributed by atoms with E-state index in [-0.39, 0.29) is 11.9 Å². The van der Waals surface area contributed by atoms with Gasteiger partial charge in [-0.25, -0.2) is 0 Å². The summed E-state index contributed by atoms with van der Waals surface area (Å²) in [5, 5.41) is 6.41. The van der Waals surface area contributed by atoms with Crippen molar-refractivity contribution in [1.29, 1.82) is 0 Å². The first-order valence-electron chi connectivity index (χ1n) is 8.59. The molecule has 0 spiro atoms. The second kappa shape index (κ2) is 12.0. The Bertz CT molecular complexity index is 266. The van der Waals surface area contributed by atoms with E-state index in [1.807, 2.05) is 0 Å². The molecule has 0 saturated heterocycles. The third kappa shape index (κ3) is 9.86. The highest BCUT2D eigenvalue weighted by molar-refractivity contribution is 5.81. The van der Waals surface area contributed by atoms with Crippen LogP contribution in [0.15, 0.2) is 0 Å². The van der Waals surface area contributed by atoms with E-state index < -0.39 is 0 Å². The van der Waals surface area contributed by atoms with E-state index in [1.54, 1.807) is 0 Å². The zero-order valence-corrected chi connectivity index (χ0v) is 14.9. The van der Waals surface area contributed by atoms with Crippen LogP contribution in [0.2, 0.25) is 0 Å². The minimum Gasteiger partial charge on any atom is -0.376 e. The fourth-order valence-electron chi connectivity index (χ4n) is 2.23. The number of carbonyl (C=O) groups excluding carboxylic acids is 1. The third-order valence-corrected chi connectivity index (χ3v) is 3.79. The molecule has 126 valence electrons. The van der Waals surface area contributed by atoms with Gasteiger partial charge in [-0.15, -0.1) is 0 Å². The first-order valence-corrected chi connectivity index (χ1v) is 8.59. The number of amides is 1. The summed E-state index contributed by atoms with van der Waals surface area (Å²) in [7, 11) is 0. The molecule has 0 aliphatic rings. The van der Waals surface area contributed by atoms with Gasteiger partial charge in [0.05, 0.1) is 18.8 Å². The smallest absolute Gasteiger partial charge is 0.237 e.